The molecule has 0 atom stereocenters. The van der Waals surface area contributed by atoms with Crippen molar-refractivity contribution in [3.8, 4) is 11.8 Å². The number of aliphatic hydroxyl groups excluding tert-OH is 1. The minimum atomic E-state index is -5.46. The lowest BCUT2D eigenvalue weighted by Gasteiger charge is -2.11. The highest BCUT2D eigenvalue weighted by Crippen LogP contribution is 2.64. The molecule has 20 heteroatoms. The molecule has 0 radical (unpaired) electrons. The van der Waals surface area contributed by atoms with E-state index in [0.717, 1.165) is 0 Å². The van der Waals surface area contributed by atoms with Gasteiger partial charge in [-0.1, -0.05) is 11.8 Å². The first-order chi connectivity index (χ1) is 13.6. The van der Waals surface area contributed by atoms with Crippen LogP contribution in [0.2, 0.25) is 0 Å². The lowest BCUT2D eigenvalue weighted by atomic mass is 10.3. The van der Waals surface area contributed by atoms with E-state index in [-0.39, 0.29) is 32.3 Å². The highest BCUT2D eigenvalue weighted by molar-refractivity contribution is 7.66. The van der Waals surface area contributed by atoms with Gasteiger partial charge in [-0.3, -0.25) is 4.57 Å². The van der Waals surface area contributed by atoms with Gasteiger partial charge in [0.1, 0.15) is 12.5 Å². The van der Waals surface area contributed by atoms with E-state index in [1.165, 1.54) is 10.8 Å². The molecule has 172 valence electrons. The van der Waals surface area contributed by atoms with Gasteiger partial charge in [0.25, 0.3) is 0 Å². The second-order valence-electron chi connectivity index (χ2n) is 4.67. The molecule has 17 nitrogen and oxygen atoms in total. The third-order valence-electron chi connectivity index (χ3n) is 2.23. The number of rotatable bonds is 8. The SMILES string of the molecule is NCC#Cc1cn(COCCO)c(=O)nc1N.O=P(O)(O)OP(=O)(O)OP(=O)(O)O. The smallest absolute Gasteiger partial charge is 0.394 e. The number of nitrogens with two attached hydrogens (primary N) is 2. The molecule has 1 heterocycles. The van der Waals surface area contributed by atoms with Crippen LogP contribution in [0.3, 0.4) is 0 Å². The van der Waals surface area contributed by atoms with Gasteiger partial charge in [-0.15, -0.1) is 0 Å². The number of aromatic nitrogens is 2. The fourth-order valence-electron chi connectivity index (χ4n) is 1.35. The summed E-state index contributed by atoms with van der Waals surface area (Å²) in [6.45, 7) is 0.209. The van der Waals surface area contributed by atoms with Gasteiger partial charge in [-0.05, 0) is 0 Å². The van der Waals surface area contributed by atoms with Crippen molar-refractivity contribution in [1.29, 1.82) is 0 Å². The summed E-state index contributed by atoms with van der Waals surface area (Å²) in [4.78, 5) is 55.2. The Hall–Kier alpha value is -1.47. The van der Waals surface area contributed by atoms with Crippen LogP contribution in [0, 0.1) is 11.8 Å². The normalized spacial score (nSPS) is 11.8. The molecule has 0 spiro atoms. The lowest BCUT2D eigenvalue weighted by Crippen LogP contribution is -2.26. The first kappa shape index (κ1) is 28.5. The number of phosphoric acid groups is 3. The molecule has 0 aliphatic rings. The summed E-state index contributed by atoms with van der Waals surface area (Å²) >= 11 is 0. The number of anilines is 1. The summed E-state index contributed by atoms with van der Waals surface area (Å²) in [6, 6.07) is 0. The van der Waals surface area contributed by atoms with Crippen molar-refractivity contribution in [2.24, 2.45) is 5.73 Å². The molecule has 30 heavy (non-hydrogen) atoms. The third-order valence-corrected chi connectivity index (χ3v) is 5.59. The molecule has 0 amide bonds. The maximum Gasteiger partial charge on any atom is 0.490 e. The van der Waals surface area contributed by atoms with E-state index in [2.05, 4.69) is 25.4 Å². The van der Waals surface area contributed by atoms with E-state index >= 15 is 0 Å². The minimum Gasteiger partial charge on any atom is -0.394 e. The zero-order valence-corrected chi connectivity index (χ0v) is 17.5. The highest BCUT2D eigenvalue weighted by Gasteiger charge is 2.38. The van der Waals surface area contributed by atoms with Crippen molar-refractivity contribution in [3.05, 3.63) is 22.2 Å². The molecule has 0 saturated carbocycles. The van der Waals surface area contributed by atoms with Gasteiger partial charge in [0.15, 0.2) is 0 Å². The summed E-state index contributed by atoms with van der Waals surface area (Å²) in [5, 5.41) is 8.54. The molecule has 0 saturated heterocycles. The zero-order valence-electron chi connectivity index (χ0n) is 14.8. The Morgan fingerprint density at radius 2 is 1.63 bits per heavy atom. The van der Waals surface area contributed by atoms with Crippen molar-refractivity contribution in [2.75, 3.05) is 25.5 Å². The van der Waals surface area contributed by atoms with E-state index in [4.69, 9.17) is 45.8 Å². The molecule has 0 unspecified atom stereocenters. The second kappa shape index (κ2) is 12.4. The molecule has 0 aliphatic carbocycles. The van der Waals surface area contributed by atoms with Crippen LogP contribution in [0.4, 0.5) is 5.82 Å². The first-order valence-electron chi connectivity index (χ1n) is 7.21. The summed E-state index contributed by atoms with van der Waals surface area (Å²) in [7, 11) is -16.2. The predicted molar refractivity (Wildman–Crippen MR) is 98.0 cm³/mol. The predicted octanol–water partition coefficient (Wildman–Crippen LogP) is -2.59. The fraction of sp³-hybridized carbons (Fsp3) is 0.400. The third kappa shape index (κ3) is 13.7. The summed E-state index contributed by atoms with van der Waals surface area (Å²) < 4.78 is 42.6. The van der Waals surface area contributed by atoms with Crippen molar-refractivity contribution < 1.29 is 56.6 Å². The van der Waals surface area contributed by atoms with Crippen LogP contribution in [0.5, 0.6) is 0 Å². The monoisotopic (exact) mass is 496 g/mol. The van der Waals surface area contributed by atoms with Crippen molar-refractivity contribution in [2.45, 2.75) is 6.73 Å². The molecule has 0 aliphatic heterocycles. The van der Waals surface area contributed by atoms with Crippen LogP contribution in [0.25, 0.3) is 0 Å². The Labute approximate surface area is 168 Å². The zero-order chi connectivity index (χ0) is 23.6. The minimum absolute atomic E-state index is 0.00994. The molecule has 10 N–H and O–H groups in total. The number of hydrogen-bond acceptors (Lipinski definition) is 11. The highest BCUT2D eigenvalue weighted by atomic mass is 31.3. The number of hydrogen-bond donors (Lipinski definition) is 8. The van der Waals surface area contributed by atoms with Gasteiger partial charge in [0.2, 0.25) is 0 Å². The Morgan fingerprint density at radius 3 is 2.07 bits per heavy atom. The summed E-state index contributed by atoms with van der Waals surface area (Å²) in [6.07, 6.45) is 1.45. The molecule has 1 aromatic heterocycles. The number of nitrogens with zero attached hydrogens (tertiary/aromatic N) is 2. The van der Waals surface area contributed by atoms with E-state index in [9.17, 15) is 18.5 Å². The van der Waals surface area contributed by atoms with E-state index in [1.807, 2.05) is 0 Å². The van der Waals surface area contributed by atoms with Crippen LogP contribution in [-0.4, -0.2) is 58.9 Å². The Morgan fingerprint density at radius 1 is 1.10 bits per heavy atom. The van der Waals surface area contributed by atoms with Crippen LogP contribution in [-0.2, 0) is 33.8 Å². The van der Waals surface area contributed by atoms with Crippen molar-refractivity contribution >= 4 is 29.3 Å². The van der Waals surface area contributed by atoms with Gasteiger partial charge in [0.05, 0.1) is 25.3 Å². The van der Waals surface area contributed by atoms with Gasteiger partial charge in [-0.2, -0.15) is 13.6 Å². The van der Waals surface area contributed by atoms with E-state index in [0.29, 0.717) is 5.56 Å². The number of aliphatic hydroxyl groups is 1. The average molecular weight is 496 g/mol. The lowest BCUT2D eigenvalue weighted by molar-refractivity contribution is 0.0457. The Balaban J connectivity index is 0.000000584. The van der Waals surface area contributed by atoms with E-state index in [1.54, 1.807) is 0 Å². The Kier molecular flexibility index (Phi) is 11.8. The molecule has 0 bridgehead atoms. The Bertz CT molecular complexity index is 930. The van der Waals surface area contributed by atoms with Crippen LogP contribution in [0.1, 0.15) is 5.56 Å². The summed E-state index contributed by atoms with van der Waals surface area (Å²) in [5.41, 5.74) is 10.7. The molecule has 1 aromatic rings. The van der Waals surface area contributed by atoms with Gasteiger partial charge in [0, 0.05) is 6.20 Å². The summed E-state index contributed by atoms with van der Waals surface area (Å²) in [5.74, 6) is 5.39. The van der Waals surface area contributed by atoms with Crippen LogP contribution < -0.4 is 17.2 Å². The van der Waals surface area contributed by atoms with Gasteiger partial charge >= 0.3 is 29.2 Å². The number of ether oxygens (including phenoxy) is 1. The van der Waals surface area contributed by atoms with Crippen molar-refractivity contribution in [1.82, 2.24) is 9.55 Å². The molecule has 1 rings (SSSR count). The molecular weight excluding hydrogens is 477 g/mol. The van der Waals surface area contributed by atoms with Crippen molar-refractivity contribution in [3.63, 3.8) is 0 Å². The van der Waals surface area contributed by atoms with Crippen LogP contribution >= 0.6 is 23.5 Å². The standard InChI is InChI=1S/C10H14N4O3.H5O10P3/c11-3-1-2-8-6-14(7-17-5-4-15)10(16)13-9(8)12;1-11(2,3)9-13(7,8)10-12(4,5)6/h6,15H,3-5,7,11H2,(H2,12,13,16);(H,7,8)(H2,1,2,3)(H2,4,5,6). The van der Waals surface area contributed by atoms with Gasteiger partial charge < -0.3 is 45.8 Å². The molecular formula is C10H19N4O13P3. The van der Waals surface area contributed by atoms with Crippen LogP contribution in [0.15, 0.2) is 11.0 Å². The quantitative estimate of drug-likeness (QED) is 0.104. The average Bonchev–Trinajstić information content (AvgIpc) is 2.52. The largest absolute Gasteiger partial charge is 0.490 e. The molecule has 0 aromatic carbocycles. The first-order valence-corrected chi connectivity index (χ1v) is 11.8. The number of nitrogen functional groups attached to an aromatic ring is 1. The maximum absolute atomic E-state index is 11.4. The van der Waals surface area contributed by atoms with E-state index < -0.39 is 29.2 Å². The topological polar surface area (TPSA) is 287 Å². The second-order valence-corrected chi connectivity index (χ2v) is 8.88. The molecule has 0 fully saturated rings. The maximum atomic E-state index is 11.4. The van der Waals surface area contributed by atoms with Gasteiger partial charge in [-0.25, -0.2) is 18.5 Å². The fourth-order valence-corrected chi connectivity index (χ4v) is 3.89.